The predicted octanol–water partition coefficient (Wildman–Crippen LogP) is 2.21. The lowest BCUT2D eigenvalue weighted by molar-refractivity contribution is 1.13. The second kappa shape index (κ2) is 5.27. The Balaban J connectivity index is 1.58. The van der Waals surface area contributed by atoms with Gasteiger partial charge in [-0.25, -0.2) is 15.0 Å². The van der Waals surface area contributed by atoms with E-state index in [2.05, 4.69) is 44.2 Å². The lowest BCUT2D eigenvalue weighted by atomic mass is 10.2. The number of hydrogen-bond acceptors (Lipinski definition) is 5. The number of rotatable bonds is 4. The van der Waals surface area contributed by atoms with Gasteiger partial charge in [-0.2, -0.15) is 11.8 Å². The van der Waals surface area contributed by atoms with Gasteiger partial charge in [0.2, 0.25) is 0 Å². The summed E-state index contributed by atoms with van der Waals surface area (Å²) in [6, 6.07) is 10.4. The fraction of sp³-hybridized carbons (Fsp3) is 0.231. The van der Waals surface area contributed by atoms with Crippen molar-refractivity contribution in [3.63, 3.8) is 0 Å². The maximum absolute atomic E-state index is 4.31. The first-order valence-corrected chi connectivity index (χ1v) is 6.89. The van der Waals surface area contributed by atoms with Crippen LogP contribution < -0.4 is 0 Å². The van der Waals surface area contributed by atoms with Crippen molar-refractivity contribution in [1.82, 2.24) is 0 Å². The molecule has 0 saturated heterocycles. The third kappa shape index (κ3) is 2.41. The molecule has 0 aliphatic carbocycles. The number of benzene rings is 1. The van der Waals surface area contributed by atoms with Gasteiger partial charge in [0.25, 0.3) is 0 Å². The molecule has 0 amide bonds. The maximum atomic E-state index is 4.31. The van der Waals surface area contributed by atoms with Crippen molar-refractivity contribution in [1.29, 1.82) is 0 Å². The van der Waals surface area contributed by atoms with Gasteiger partial charge < -0.3 is 0 Å². The average molecular weight is 256 g/mol. The Hall–Kier alpha value is -1.75. The fourth-order valence-corrected chi connectivity index (χ4v) is 2.80. The minimum Gasteiger partial charge on any atom is -0.256 e. The zero-order chi connectivity index (χ0) is 12.2. The molecule has 4 nitrogen and oxygen atoms in total. The summed E-state index contributed by atoms with van der Waals surface area (Å²) < 4.78 is 0. The minimum atomic E-state index is -0.0433. The second-order valence-electron chi connectivity index (χ2n) is 4.00. The van der Waals surface area contributed by atoms with Crippen molar-refractivity contribution in [2.24, 2.45) is 20.0 Å². The van der Waals surface area contributed by atoms with Crippen LogP contribution in [-0.2, 0) is 5.75 Å². The molecule has 18 heavy (non-hydrogen) atoms. The van der Waals surface area contributed by atoms with E-state index in [9.17, 15) is 0 Å². The molecule has 3 rings (SSSR count). The lowest BCUT2D eigenvalue weighted by Gasteiger charge is -2.13. The van der Waals surface area contributed by atoms with Gasteiger partial charge in [0, 0.05) is 11.5 Å². The summed E-state index contributed by atoms with van der Waals surface area (Å²) in [4.78, 5) is 16.8. The Morgan fingerprint density at radius 3 is 2.78 bits per heavy atom. The molecular weight excluding hydrogens is 244 g/mol. The SMILES string of the molecule is C1=NC2=NC=NC2C(CSCc2ccccc2)=N1. The van der Waals surface area contributed by atoms with Crippen molar-refractivity contribution in [3.8, 4) is 0 Å². The van der Waals surface area contributed by atoms with E-state index in [-0.39, 0.29) is 6.04 Å². The lowest BCUT2D eigenvalue weighted by Crippen LogP contribution is -2.29. The summed E-state index contributed by atoms with van der Waals surface area (Å²) in [7, 11) is 0. The van der Waals surface area contributed by atoms with Crippen molar-refractivity contribution in [3.05, 3.63) is 35.9 Å². The van der Waals surface area contributed by atoms with Gasteiger partial charge in [-0.15, -0.1) is 0 Å². The summed E-state index contributed by atoms with van der Waals surface area (Å²) in [5.74, 6) is 2.61. The van der Waals surface area contributed by atoms with E-state index in [1.54, 1.807) is 12.7 Å². The van der Waals surface area contributed by atoms with Crippen LogP contribution in [0, 0.1) is 0 Å². The van der Waals surface area contributed by atoms with Crippen LogP contribution >= 0.6 is 11.8 Å². The van der Waals surface area contributed by atoms with Gasteiger partial charge in [0.15, 0.2) is 11.9 Å². The molecule has 5 heteroatoms. The Kier molecular flexibility index (Phi) is 3.32. The Morgan fingerprint density at radius 2 is 1.89 bits per heavy atom. The van der Waals surface area contributed by atoms with E-state index in [0.29, 0.717) is 0 Å². The van der Waals surface area contributed by atoms with E-state index >= 15 is 0 Å². The van der Waals surface area contributed by atoms with Crippen molar-refractivity contribution >= 4 is 36.0 Å². The summed E-state index contributed by atoms with van der Waals surface area (Å²) in [6.07, 6.45) is 3.14. The molecule has 0 radical (unpaired) electrons. The van der Waals surface area contributed by atoms with Gasteiger partial charge >= 0.3 is 0 Å². The summed E-state index contributed by atoms with van der Waals surface area (Å²) >= 11 is 1.84. The highest BCUT2D eigenvalue weighted by Gasteiger charge is 2.25. The number of hydrogen-bond donors (Lipinski definition) is 0. The standard InChI is InChI=1S/C13H12N4S/c1-2-4-10(5-3-1)6-18-7-11-12-13(16-8-14-11)17-9-15-12/h1-5,8-9,12H,6-7H2. The van der Waals surface area contributed by atoms with E-state index in [0.717, 1.165) is 23.1 Å². The summed E-state index contributed by atoms with van der Waals surface area (Å²) in [5, 5.41) is 0. The number of nitrogens with zero attached hydrogens (tertiary/aromatic N) is 4. The second-order valence-corrected chi connectivity index (χ2v) is 4.98. The molecule has 1 aromatic rings. The van der Waals surface area contributed by atoms with Crippen molar-refractivity contribution < 1.29 is 0 Å². The minimum absolute atomic E-state index is 0.0433. The topological polar surface area (TPSA) is 49.4 Å². The Labute approximate surface area is 110 Å². The molecule has 1 unspecified atom stereocenters. The first kappa shape index (κ1) is 11.3. The largest absolute Gasteiger partial charge is 0.256 e. The van der Waals surface area contributed by atoms with E-state index < -0.39 is 0 Å². The number of aliphatic imine (C=N–C) groups is 4. The van der Waals surface area contributed by atoms with Crippen LogP contribution in [0.1, 0.15) is 5.56 Å². The molecule has 0 bridgehead atoms. The first-order chi connectivity index (χ1) is 8.93. The molecule has 2 aliphatic rings. The fourth-order valence-electron chi connectivity index (χ4n) is 1.83. The molecule has 1 atom stereocenters. The maximum Gasteiger partial charge on any atom is 0.162 e. The molecule has 90 valence electrons. The van der Waals surface area contributed by atoms with Crippen LogP contribution in [0.4, 0.5) is 0 Å². The van der Waals surface area contributed by atoms with E-state index in [1.807, 2.05) is 17.8 Å². The van der Waals surface area contributed by atoms with E-state index in [4.69, 9.17) is 0 Å². The van der Waals surface area contributed by atoms with Crippen LogP contribution in [0.25, 0.3) is 0 Å². The quantitative estimate of drug-likeness (QED) is 0.814. The average Bonchev–Trinajstić information content (AvgIpc) is 2.89. The monoisotopic (exact) mass is 256 g/mol. The van der Waals surface area contributed by atoms with Crippen LogP contribution in [0.2, 0.25) is 0 Å². The van der Waals surface area contributed by atoms with Crippen LogP contribution in [0.15, 0.2) is 50.3 Å². The summed E-state index contributed by atoms with van der Waals surface area (Å²) in [5.41, 5.74) is 2.37. The van der Waals surface area contributed by atoms with Crippen LogP contribution in [0.5, 0.6) is 0 Å². The van der Waals surface area contributed by atoms with Crippen LogP contribution in [0.3, 0.4) is 0 Å². The normalized spacial score (nSPS) is 20.6. The van der Waals surface area contributed by atoms with E-state index in [1.165, 1.54) is 5.56 Å². The molecule has 0 fully saturated rings. The van der Waals surface area contributed by atoms with Gasteiger partial charge in [-0.3, -0.25) is 4.99 Å². The first-order valence-electron chi connectivity index (χ1n) is 5.73. The van der Waals surface area contributed by atoms with Crippen molar-refractivity contribution in [2.75, 3.05) is 5.75 Å². The molecule has 0 spiro atoms. The predicted molar refractivity (Wildman–Crippen MR) is 78.2 cm³/mol. The van der Waals surface area contributed by atoms with Crippen LogP contribution in [-0.4, -0.2) is 36.0 Å². The molecule has 1 aromatic carbocycles. The molecular formula is C13H12N4S. The molecule has 0 saturated carbocycles. The highest BCUT2D eigenvalue weighted by Crippen LogP contribution is 2.16. The van der Waals surface area contributed by atoms with Gasteiger partial charge in [-0.05, 0) is 5.56 Å². The highest BCUT2D eigenvalue weighted by molar-refractivity contribution is 7.99. The molecule has 2 aliphatic heterocycles. The van der Waals surface area contributed by atoms with Gasteiger partial charge in [0.1, 0.15) is 12.7 Å². The van der Waals surface area contributed by atoms with Gasteiger partial charge in [0.05, 0.1) is 5.71 Å². The third-order valence-corrected chi connectivity index (χ3v) is 3.78. The number of thioether (sulfide) groups is 1. The summed E-state index contributed by atoms with van der Waals surface area (Å²) in [6.45, 7) is 0. The molecule has 0 aromatic heterocycles. The highest BCUT2D eigenvalue weighted by atomic mass is 32.2. The smallest absolute Gasteiger partial charge is 0.162 e. The Morgan fingerprint density at radius 1 is 1.00 bits per heavy atom. The number of fused-ring (bicyclic) bond motifs is 1. The molecule has 2 heterocycles. The van der Waals surface area contributed by atoms with Crippen molar-refractivity contribution in [2.45, 2.75) is 11.8 Å². The third-order valence-electron chi connectivity index (χ3n) is 2.74. The number of amidine groups is 1. The zero-order valence-corrected chi connectivity index (χ0v) is 10.5. The van der Waals surface area contributed by atoms with Gasteiger partial charge in [-0.1, -0.05) is 30.3 Å². The zero-order valence-electron chi connectivity index (χ0n) is 9.73. The molecule has 0 N–H and O–H groups in total. The Bertz CT molecular complexity index is 545.